The number of hydrogen-bond acceptors (Lipinski definition) is 7. The normalized spacial score (nSPS) is 26.6. The molecule has 2 amide bonds. The first-order valence-corrected chi connectivity index (χ1v) is 11.0. The van der Waals surface area contributed by atoms with E-state index in [4.69, 9.17) is 14.2 Å². The van der Waals surface area contributed by atoms with Crippen LogP contribution < -0.4 is 5.32 Å². The van der Waals surface area contributed by atoms with Crippen LogP contribution in [0.5, 0.6) is 0 Å². The Balaban J connectivity index is 1.16. The molecule has 5 heterocycles. The van der Waals surface area contributed by atoms with Crippen molar-refractivity contribution in [1.29, 1.82) is 0 Å². The quantitative estimate of drug-likeness (QED) is 0.699. The maximum atomic E-state index is 12.6. The van der Waals surface area contributed by atoms with Gasteiger partial charge in [0, 0.05) is 38.7 Å². The highest BCUT2D eigenvalue weighted by atomic mass is 16.6. The van der Waals surface area contributed by atoms with Gasteiger partial charge in [-0.1, -0.05) is 0 Å². The molecule has 11 nitrogen and oxygen atoms in total. The van der Waals surface area contributed by atoms with E-state index in [1.807, 2.05) is 4.90 Å². The molecule has 5 rings (SSSR count). The molecule has 11 heteroatoms. The van der Waals surface area contributed by atoms with Gasteiger partial charge in [0.25, 0.3) is 5.91 Å². The fourth-order valence-corrected chi connectivity index (χ4v) is 5.02. The largest absolute Gasteiger partial charge is 0.444 e. The first-order valence-electron chi connectivity index (χ1n) is 11.0. The smallest absolute Gasteiger partial charge is 0.410 e. The van der Waals surface area contributed by atoms with E-state index in [2.05, 4.69) is 20.6 Å². The number of rotatable bonds is 6. The SMILES string of the molecule is COCc1cc(C(=O)Nc2cc([C@H]3C[C@@H](OC(=O)N4C5CCC4CC5)CO3)[nH]n2)n(C)n1. The topological polar surface area (TPSA) is 124 Å². The van der Waals surface area contributed by atoms with E-state index in [-0.39, 0.29) is 24.2 Å². The molecule has 3 saturated heterocycles. The lowest BCUT2D eigenvalue weighted by Gasteiger charge is -2.23. The van der Waals surface area contributed by atoms with E-state index >= 15 is 0 Å². The Morgan fingerprint density at radius 1 is 1.25 bits per heavy atom. The molecule has 0 unspecified atom stereocenters. The van der Waals surface area contributed by atoms with Gasteiger partial charge in [-0.15, -0.1) is 0 Å². The van der Waals surface area contributed by atoms with E-state index in [9.17, 15) is 9.59 Å². The third-order valence-corrected chi connectivity index (χ3v) is 6.53. The molecule has 32 heavy (non-hydrogen) atoms. The fourth-order valence-electron chi connectivity index (χ4n) is 5.02. The second-order valence-corrected chi connectivity index (χ2v) is 8.67. The van der Waals surface area contributed by atoms with Crippen molar-refractivity contribution in [3.05, 3.63) is 29.2 Å². The van der Waals surface area contributed by atoms with Gasteiger partial charge in [0.1, 0.15) is 17.9 Å². The Labute approximate surface area is 185 Å². The number of amides is 2. The number of H-pyrrole nitrogens is 1. The van der Waals surface area contributed by atoms with Gasteiger partial charge in [0.05, 0.1) is 24.6 Å². The van der Waals surface area contributed by atoms with Crippen molar-refractivity contribution in [3.63, 3.8) is 0 Å². The Hall–Kier alpha value is -2.92. The van der Waals surface area contributed by atoms with E-state index in [1.54, 1.807) is 26.3 Å². The van der Waals surface area contributed by atoms with Gasteiger partial charge in [-0.05, 0) is 31.7 Å². The first-order chi connectivity index (χ1) is 15.5. The fraction of sp³-hybridized carbons (Fsp3) is 0.619. The molecule has 3 fully saturated rings. The number of hydrogen-bond donors (Lipinski definition) is 2. The predicted octanol–water partition coefficient (Wildman–Crippen LogP) is 2.14. The Morgan fingerprint density at radius 3 is 2.72 bits per heavy atom. The molecular formula is C21H28N6O5. The number of aryl methyl sites for hydroxylation is 1. The Morgan fingerprint density at radius 2 is 2.00 bits per heavy atom. The number of anilines is 1. The standard InChI is InChI=1S/C21H28N6O5/c1-26-17(7-12(25-26)10-30-2)20(28)22-19-9-16(23-24-19)18-8-15(11-31-18)32-21(29)27-13-3-4-14(27)6-5-13/h7,9,13-15,18H,3-6,8,10-11H2,1-2H3,(H2,22,23,24,28)/t13?,14?,15-,18-/m1/s1. The molecule has 0 spiro atoms. The molecule has 3 aliphatic heterocycles. The molecule has 0 aliphatic carbocycles. The van der Waals surface area contributed by atoms with Crippen LogP contribution in [0, 0.1) is 0 Å². The second kappa shape index (κ2) is 8.55. The lowest BCUT2D eigenvalue weighted by atomic mass is 10.0. The summed E-state index contributed by atoms with van der Waals surface area (Å²) >= 11 is 0. The number of fused-ring (bicyclic) bond motifs is 2. The van der Waals surface area contributed by atoms with Crippen molar-refractivity contribution >= 4 is 17.8 Å². The lowest BCUT2D eigenvalue weighted by molar-refractivity contribution is 0.0457. The minimum absolute atomic E-state index is 0.217. The highest BCUT2D eigenvalue weighted by Crippen LogP contribution is 2.38. The zero-order valence-electron chi connectivity index (χ0n) is 18.2. The van der Waals surface area contributed by atoms with Crippen molar-refractivity contribution in [3.8, 4) is 0 Å². The number of ether oxygens (including phenoxy) is 3. The summed E-state index contributed by atoms with van der Waals surface area (Å²) < 4.78 is 18.1. The summed E-state index contributed by atoms with van der Waals surface area (Å²) in [5, 5.41) is 14.1. The van der Waals surface area contributed by atoms with Gasteiger partial charge in [0.2, 0.25) is 0 Å². The second-order valence-electron chi connectivity index (χ2n) is 8.67. The third-order valence-electron chi connectivity index (χ3n) is 6.53. The molecule has 0 radical (unpaired) electrons. The van der Waals surface area contributed by atoms with Crippen LogP contribution in [0.4, 0.5) is 10.6 Å². The average molecular weight is 444 g/mol. The summed E-state index contributed by atoms with van der Waals surface area (Å²) in [6.07, 6.45) is 4.10. The van der Waals surface area contributed by atoms with Gasteiger partial charge >= 0.3 is 6.09 Å². The Bertz CT molecular complexity index is 983. The molecule has 172 valence electrons. The van der Waals surface area contributed by atoms with Gasteiger partial charge in [-0.25, -0.2) is 4.79 Å². The van der Waals surface area contributed by atoms with Crippen LogP contribution in [-0.2, 0) is 27.9 Å². The number of carbonyl (C=O) groups is 2. The molecule has 2 N–H and O–H groups in total. The minimum Gasteiger partial charge on any atom is -0.444 e. The number of nitrogens with zero attached hydrogens (tertiary/aromatic N) is 4. The maximum absolute atomic E-state index is 12.6. The zero-order chi connectivity index (χ0) is 22.2. The van der Waals surface area contributed by atoms with Gasteiger partial charge in [0.15, 0.2) is 5.82 Å². The van der Waals surface area contributed by atoms with Gasteiger partial charge in [-0.3, -0.25) is 14.6 Å². The number of aromatic nitrogens is 4. The molecule has 2 atom stereocenters. The van der Waals surface area contributed by atoms with E-state index < -0.39 is 0 Å². The van der Waals surface area contributed by atoms with Crippen molar-refractivity contribution in [1.82, 2.24) is 24.9 Å². The van der Waals surface area contributed by atoms with Gasteiger partial charge < -0.3 is 24.4 Å². The van der Waals surface area contributed by atoms with E-state index in [0.717, 1.165) is 31.4 Å². The third kappa shape index (κ3) is 3.97. The van der Waals surface area contributed by atoms with Crippen LogP contribution in [0.3, 0.4) is 0 Å². The van der Waals surface area contributed by atoms with Crippen molar-refractivity contribution in [2.24, 2.45) is 7.05 Å². The van der Waals surface area contributed by atoms with Crippen molar-refractivity contribution < 1.29 is 23.8 Å². The monoisotopic (exact) mass is 444 g/mol. The van der Waals surface area contributed by atoms with Crippen molar-refractivity contribution in [2.75, 3.05) is 19.0 Å². The number of aromatic amines is 1. The van der Waals surface area contributed by atoms with E-state index in [1.165, 1.54) is 4.68 Å². The van der Waals surface area contributed by atoms with Crippen LogP contribution in [0.15, 0.2) is 12.1 Å². The molecule has 2 aromatic rings. The zero-order valence-corrected chi connectivity index (χ0v) is 18.2. The van der Waals surface area contributed by atoms with Crippen LogP contribution >= 0.6 is 0 Å². The van der Waals surface area contributed by atoms with Gasteiger partial charge in [-0.2, -0.15) is 10.2 Å². The minimum atomic E-state index is -0.320. The van der Waals surface area contributed by atoms with Crippen LogP contribution in [0.2, 0.25) is 0 Å². The molecule has 0 aromatic carbocycles. The van der Waals surface area contributed by atoms with Crippen LogP contribution in [0.25, 0.3) is 0 Å². The van der Waals surface area contributed by atoms with Crippen LogP contribution in [0.1, 0.15) is 60.1 Å². The summed E-state index contributed by atoms with van der Waals surface area (Å²) in [5.41, 5.74) is 1.80. The number of nitrogens with one attached hydrogen (secondary N) is 2. The maximum Gasteiger partial charge on any atom is 0.410 e. The predicted molar refractivity (Wildman–Crippen MR) is 112 cm³/mol. The van der Waals surface area contributed by atoms with E-state index in [0.29, 0.717) is 48.9 Å². The summed E-state index contributed by atoms with van der Waals surface area (Å²) in [6.45, 7) is 0.676. The molecular weight excluding hydrogens is 416 g/mol. The summed E-state index contributed by atoms with van der Waals surface area (Å²) in [6, 6.07) is 4.10. The number of methoxy groups -OCH3 is 1. The summed E-state index contributed by atoms with van der Waals surface area (Å²) in [5.74, 6) is 0.0666. The van der Waals surface area contributed by atoms with Crippen molar-refractivity contribution in [2.45, 2.75) is 63.0 Å². The Kier molecular flexibility index (Phi) is 5.60. The molecule has 2 bridgehead atoms. The first kappa shape index (κ1) is 21.0. The highest BCUT2D eigenvalue weighted by molar-refractivity contribution is 6.02. The van der Waals surface area contributed by atoms with Crippen LogP contribution in [-0.4, -0.2) is 68.8 Å². The molecule has 2 aromatic heterocycles. The summed E-state index contributed by atoms with van der Waals surface area (Å²) in [4.78, 5) is 27.1. The summed E-state index contributed by atoms with van der Waals surface area (Å²) in [7, 11) is 3.28. The molecule has 3 aliphatic rings. The average Bonchev–Trinajstić information content (AvgIpc) is 3.57. The molecule has 0 saturated carbocycles. The number of carbonyl (C=O) groups excluding carboxylic acids is 2. The highest BCUT2D eigenvalue weighted by Gasteiger charge is 2.44. The lowest BCUT2D eigenvalue weighted by Crippen LogP contribution is -2.37.